The lowest BCUT2D eigenvalue weighted by Crippen LogP contribution is -1.89. The van der Waals surface area contributed by atoms with Gasteiger partial charge in [0.15, 0.2) is 11.6 Å². The molecule has 1 atom stereocenters. The lowest BCUT2D eigenvalue weighted by Gasteiger charge is -2.22. The third-order valence-electron chi connectivity index (χ3n) is 3.25. The Hall–Kier alpha value is -2.03. The van der Waals surface area contributed by atoms with Gasteiger partial charge < -0.3 is 4.52 Å². The summed E-state index contributed by atoms with van der Waals surface area (Å²) in [5.41, 5.74) is 0. The zero-order valence-electron chi connectivity index (χ0n) is 12.2. The van der Waals surface area contributed by atoms with Crippen LogP contribution in [0.2, 0.25) is 0 Å². The highest BCUT2D eigenvalue weighted by atomic mass is 32.8. The van der Waals surface area contributed by atoms with Gasteiger partial charge in [-0.2, -0.15) is 0 Å². The molecule has 0 spiro atoms. The van der Waals surface area contributed by atoms with E-state index in [2.05, 4.69) is 0 Å². The van der Waals surface area contributed by atoms with E-state index < -0.39 is 23.6 Å². The summed E-state index contributed by atoms with van der Waals surface area (Å²) >= 11 is 0. The maximum Gasteiger partial charge on any atom is 0.280 e. The molecular formula is C18H16FO2PS. The van der Waals surface area contributed by atoms with Gasteiger partial charge in [0.2, 0.25) is 0 Å². The molecule has 5 heteroatoms. The van der Waals surface area contributed by atoms with Crippen LogP contribution in [-0.2, 0) is 4.57 Å². The van der Waals surface area contributed by atoms with E-state index in [1.165, 1.54) is 12.1 Å². The van der Waals surface area contributed by atoms with Gasteiger partial charge in [-0.05, 0) is 36.4 Å². The maximum absolute atomic E-state index is 13.8. The summed E-state index contributed by atoms with van der Waals surface area (Å²) in [7, 11) is -3.72. The quantitative estimate of drug-likeness (QED) is 0.473. The fraction of sp³-hybridized carbons (Fsp3) is 0. The molecule has 0 saturated heterocycles. The molecule has 3 rings (SSSR count). The first-order chi connectivity index (χ1) is 11.3. The lowest BCUT2D eigenvalue weighted by atomic mass is 10.3. The number of hydrogen-bond acceptors (Lipinski definition) is 2. The molecule has 0 radical (unpaired) electrons. The van der Waals surface area contributed by atoms with Crippen LogP contribution in [0.15, 0.2) is 94.7 Å². The van der Waals surface area contributed by atoms with Crippen LogP contribution in [-0.4, -0.2) is 0 Å². The van der Waals surface area contributed by atoms with Crippen molar-refractivity contribution in [1.29, 1.82) is 0 Å². The maximum atomic E-state index is 13.8. The summed E-state index contributed by atoms with van der Waals surface area (Å²) in [4.78, 5) is 1.91. The number of rotatable bonds is 5. The molecule has 0 aliphatic rings. The predicted octanol–water partition coefficient (Wildman–Crippen LogP) is 5.71. The lowest BCUT2D eigenvalue weighted by molar-refractivity contribution is 0.489. The van der Waals surface area contributed by atoms with Crippen LogP contribution in [0.3, 0.4) is 0 Å². The van der Waals surface area contributed by atoms with Crippen molar-refractivity contribution in [2.75, 3.05) is 0 Å². The van der Waals surface area contributed by atoms with E-state index in [0.29, 0.717) is 0 Å². The molecule has 0 saturated carbocycles. The van der Waals surface area contributed by atoms with Gasteiger partial charge in [-0.3, -0.25) is 4.57 Å². The van der Waals surface area contributed by atoms with Crippen molar-refractivity contribution in [2.24, 2.45) is 0 Å². The number of halogens is 1. The van der Waals surface area contributed by atoms with Gasteiger partial charge in [-0.15, -0.1) is 10.5 Å². The fourth-order valence-corrected chi connectivity index (χ4v) is 7.01. The standard InChI is InChI=1S/C18H16FO2PS/c19-17-13-7-8-14-18(17)21-22(20)23(15-9-3-1-4-10-15)16-11-5-2-6-12-16/h1-14,22-23H. The highest BCUT2D eigenvalue weighted by molar-refractivity contribution is 8.61. The normalized spacial score (nSPS) is 12.5. The monoisotopic (exact) mass is 346 g/mol. The fourth-order valence-electron chi connectivity index (χ4n) is 2.18. The van der Waals surface area contributed by atoms with E-state index in [0.717, 1.165) is 9.79 Å². The molecule has 23 heavy (non-hydrogen) atoms. The van der Waals surface area contributed by atoms with Gasteiger partial charge in [0.05, 0.1) is 0 Å². The smallest absolute Gasteiger partial charge is 0.280 e. The van der Waals surface area contributed by atoms with Crippen molar-refractivity contribution >= 4 is 17.7 Å². The molecule has 0 aromatic heterocycles. The Kier molecular flexibility index (Phi) is 5.16. The first-order valence-electron chi connectivity index (χ1n) is 7.12. The van der Waals surface area contributed by atoms with Crippen molar-refractivity contribution in [3.8, 4) is 5.75 Å². The van der Waals surface area contributed by atoms with E-state index in [4.69, 9.17) is 4.52 Å². The van der Waals surface area contributed by atoms with Gasteiger partial charge in [-0.25, -0.2) is 4.39 Å². The average molecular weight is 346 g/mol. The van der Waals surface area contributed by atoms with E-state index in [-0.39, 0.29) is 5.75 Å². The van der Waals surface area contributed by atoms with Crippen molar-refractivity contribution in [2.45, 2.75) is 9.79 Å². The minimum atomic E-state index is -2.53. The van der Waals surface area contributed by atoms with Crippen molar-refractivity contribution < 1.29 is 13.5 Å². The van der Waals surface area contributed by atoms with E-state index in [9.17, 15) is 8.96 Å². The van der Waals surface area contributed by atoms with Crippen molar-refractivity contribution in [1.82, 2.24) is 0 Å². The molecule has 0 bridgehead atoms. The van der Waals surface area contributed by atoms with Gasteiger partial charge in [0, 0.05) is 9.79 Å². The SMILES string of the molecule is O=[PH](Oc1ccccc1F)[SH](c1ccccc1)c1ccccc1. The summed E-state index contributed by atoms with van der Waals surface area (Å²) < 4.78 is 32.2. The Balaban J connectivity index is 1.96. The minimum absolute atomic E-state index is 0.0377. The molecule has 0 fully saturated rings. The summed E-state index contributed by atoms with van der Waals surface area (Å²) in [5, 5.41) is 0. The number of thiol groups is 1. The van der Waals surface area contributed by atoms with Gasteiger partial charge in [0.1, 0.15) is 0 Å². The molecule has 118 valence electrons. The Morgan fingerprint density at radius 1 is 0.739 bits per heavy atom. The van der Waals surface area contributed by atoms with Crippen LogP contribution in [0.25, 0.3) is 0 Å². The third-order valence-corrected chi connectivity index (χ3v) is 8.55. The zero-order valence-corrected chi connectivity index (χ0v) is 14.1. The van der Waals surface area contributed by atoms with E-state index in [1.54, 1.807) is 12.1 Å². The summed E-state index contributed by atoms with van der Waals surface area (Å²) in [6.45, 7) is 0. The van der Waals surface area contributed by atoms with E-state index in [1.807, 2.05) is 60.7 Å². The largest absolute Gasteiger partial charge is 0.435 e. The van der Waals surface area contributed by atoms with Crippen LogP contribution >= 0.6 is 17.7 Å². The summed E-state index contributed by atoms with van der Waals surface area (Å²) in [6.07, 6.45) is 0. The molecular weight excluding hydrogens is 330 g/mol. The Morgan fingerprint density at radius 2 is 1.22 bits per heavy atom. The molecule has 0 amide bonds. The Labute approximate surface area is 137 Å². The predicted molar refractivity (Wildman–Crippen MR) is 94.4 cm³/mol. The van der Waals surface area contributed by atoms with Crippen LogP contribution < -0.4 is 4.52 Å². The first-order valence-corrected chi connectivity index (χ1v) is 10.6. The molecule has 3 aromatic rings. The molecule has 0 aliphatic heterocycles. The average Bonchev–Trinajstić information content (AvgIpc) is 2.59. The van der Waals surface area contributed by atoms with E-state index >= 15 is 0 Å². The summed E-state index contributed by atoms with van der Waals surface area (Å²) in [5.74, 6) is -0.460. The molecule has 1 unspecified atom stereocenters. The zero-order chi connectivity index (χ0) is 16.1. The second-order valence-electron chi connectivity index (χ2n) is 4.80. The van der Waals surface area contributed by atoms with Crippen LogP contribution in [0, 0.1) is 5.82 Å². The first kappa shape index (κ1) is 15.9. The Bertz CT molecular complexity index is 757. The van der Waals surface area contributed by atoms with Crippen LogP contribution in [0.5, 0.6) is 5.75 Å². The highest BCUT2D eigenvalue weighted by Crippen LogP contribution is 2.63. The molecule has 3 aromatic carbocycles. The molecule has 0 N–H and O–H groups in total. The second kappa shape index (κ2) is 7.49. The van der Waals surface area contributed by atoms with Crippen molar-refractivity contribution in [3.63, 3.8) is 0 Å². The third kappa shape index (κ3) is 3.84. The minimum Gasteiger partial charge on any atom is -0.435 e. The number of hydrogen-bond donors (Lipinski definition) is 1. The van der Waals surface area contributed by atoms with Gasteiger partial charge >= 0.3 is 0 Å². The van der Waals surface area contributed by atoms with Gasteiger partial charge in [0.25, 0.3) is 7.23 Å². The Morgan fingerprint density at radius 3 is 1.74 bits per heavy atom. The summed E-state index contributed by atoms with van der Waals surface area (Å²) in [6, 6.07) is 25.3. The van der Waals surface area contributed by atoms with Crippen molar-refractivity contribution in [3.05, 3.63) is 90.7 Å². The van der Waals surface area contributed by atoms with Crippen LogP contribution in [0.4, 0.5) is 4.39 Å². The topological polar surface area (TPSA) is 26.3 Å². The number of benzene rings is 3. The molecule has 0 heterocycles. The van der Waals surface area contributed by atoms with Gasteiger partial charge in [-0.1, -0.05) is 48.5 Å². The molecule has 2 nitrogen and oxygen atoms in total. The highest BCUT2D eigenvalue weighted by Gasteiger charge is 2.19. The molecule has 0 aliphatic carbocycles. The second-order valence-corrected chi connectivity index (χ2v) is 9.68. The number of para-hydroxylation sites is 1. The van der Waals surface area contributed by atoms with Crippen LogP contribution in [0.1, 0.15) is 0 Å².